The van der Waals surface area contributed by atoms with Crippen molar-refractivity contribution in [1.82, 2.24) is 9.88 Å². The summed E-state index contributed by atoms with van der Waals surface area (Å²) in [4.78, 5) is 30.5. The summed E-state index contributed by atoms with van der Waals surface area (Å²) in [5, 5.41) is 10.1. The first kappa shape index (κ1) is 24.7. The molecule has 184 valence electrons. The van der Waals surface area contributed by atoms with E-state index in [0.29, 0.717) is 35.2 Å². The summed E-state index contributed by atoms with van der Waals surface area (Å²) in [6.45, 7) is 4.84. The van der Waals surface area contributed by atoms with E-state index in [9.17, 15) is 14.7 Å². The number of aromatic nitrogens is 1. The molecule has 2 heterocycles. The maximum absolute atomic E-state index is 12.6. The lowest BCUT2D eigenvalue weighted by Gasteiger charge is -2.35. The van der Waals surface area contributed by atoms with Gasteiger partial charge in [-0.05, 0) is 55.3 Å². The van der Waals surface area contributed by atoms with Crippen molar-refractivity contribution in [3.05, 3.63) is 53.0 Å². The Morgan fingerprint density at radius 1 is 1.17 bits per heavy atom. The van der Waals surface area contributed by atoms with Crippen LogP contribution in [0.1, 0.15) is 30.8 Å². The quantitative estimate of drug-likeness (QED) is 0.496. The number of carboxylic acids is 1. The van der Waals surface area contributed by atoms with Gasteiger partial charge in [0.15, 0.2) is 18.1 Å². The number of aliphatic carboxylic acids is 1. The van der Waals surface area contributed by atoms with Crippen LogP contribution >= 0.6 is 11.3 Å². The Hall–Kier alpha value is -3.43. The van der Waals surface area contributed by atoms with Crippen molar-refractivity contribution < 1.29 is 28.9 Å². The molecule has 0 bridgehead atoms. The Balaban J connectivity index is 1.52. The second-order valence-corrected chi connectivity index (χ2v) is 9.51. The lowest BCUT2D eigenvalue weighted by molar-refractivity contribution is -0.145. The molecule has 1 aliphatic heterocycles. The highest BCUT2D eigenvalue weighted by atomic mass is 32.1. The third-order valence-corrected chi connectivity index (χ3v) is 6.67. The summed E-state index contributed by atoms with van der Waals surface area (Å²) in [7, 11) is 1.52. The fourth-order valence-corrected chi connectivity index (χ4v) is 5.05. The number of morpholine rings is 1. The van der Waals surface area contributed by atoms with Crippen LogP contribution in [0, 0.1) is 0 Å². The van der Waals surface area contributed by atoms with E-state index in [1.54, 1.807) is 29.2 Å². The van der Waals surface area contributed by atoms with Gasteiger partial charge in [0, 0.05) is 13.1 Å². The van der Waals surface area contributed by atoms with E-state index in [2.05, 4.69) is 4.98 Å². The van der Waals surface area contributed by atoms with Crippen LogP contribution in [0.25, 0.3) is 21.9 Å². The summed E-state index contributed by atoms with van der Waals surface area (Å²) in [6.07, 6.45) is 1.60. The van der Waals surface area contributed by atoms with Gasteiger partial charge in [-0.2, -0.15) is 0 Å². The van der Waals surface area contributed by atoms with Gasteiger partial charge in [0.2, 0.25) is 0 Å². The molecule has 4 rings (SSSR count). The van der Waals surface area contributed by atoms with Crippen molar-refractivity contribution in [2.75, 3.05) is 26.8 Å². The fraction of sp³-hybridized carbons (Fsp3) is 0.346. The van der Waals surface area contributed by atoms with Gasteiger partial charge in [0.05, 0.1) is 36.0 Å². The zero-order valence-electron chi connectivity index (χ0n) is 19.9. The predicted octanol–water partition coefficient (Wildman–Crippen LogP) is 4.33. The lowest BCUT2D eigenvalue weighted by atomic mass is 10.1. The molecule has 1 N–H and O–H groups in total. The van der Waals surface area contributed by atoms with Crippen LogP contribution in [0.4, 0.5) is 0 Å². The normalized spacial score (nSPS) is 18.5. The number of amides is 1. The summed E-state index contributed by atoms with van der Waals surface area (Å²) in [5.41, 5.74) is 2.17. The minimum absolute atomic E-state index is 0.0151. The lowest BCUT2D eigenvalue weighted by Crippen LogP contribution is -2.49. The number of methoxy groups -OCH3 is 1. The molecule has 3 aromatic rings. The molecule has 2 atom stereocenters. The highest BCUT2D eigenvalue weighted by molar-refractivity contribution is 7.19. The number of benzene rings is 2. The summed E-state index contributed by atoms with van der Waals surface area (Å²) < 4.78 is 17.9. The zero-order valence-corrected chi connectivity index (χ0v) is 20.7. The zero-order chi connectivity index (χ0) is 24.9. The summed E-state index contributed by atoms with van der Waals surface area (Å²) >= 11 is 1.46. The number of nitrogens with zero attached hydrogens (tertiary/aromatic N) is 2. The van der Waals surface area contributed by atoms with Crippen molar-refractivity contribution in [1.29, 1.82) is 0 Å². The van der Waals surface area contributed by atoms with Gasteiger partial charge in [-0.25, -0.2) is 4.98 Å². The third kappa shape index (κ3) is 6.17. The van der Waals surface area contributed by atoms with Gasteiger partial charge in [-0.1, -0.05) is 18.2 Å². The van der Waals surface area contributed by atoms with Gasteiger partial charge in [-0.3, -0.25) is 9.59 Å². The van der Waals surface area contributed by atoms with Crippen LogP contribution in [-0.2, 0) is 14.3 Å². The van der Waals surface area contributed by atoms with Crippen molar-refractivity contribution in [2.45, 2.75) is 32.5 Å². The molecule has 8 nitrogen and oxygen atoms in total. The van der Waals surface area contributed by atoms with E-state index >= 15 is 0 Å². The average Bonchev–Trinajstić information content (AvgIpc) is 3.26. The minimum Gasteiger partial charge on any atom is -0.493 e. The summed E-state index contributed by atoms with van der Waals surface area (Å²) in [6, 6.07) is 13.0. The number of carbonyl (C=O) groups is 2. The van der Waals surface area contributed by atoms with Crippen LogP contribution in [0.3, 0.4) is 0 Å². The first-order chi connectivity index (χ1) is 16.8. The standard InChI is InChI=1S/C26H28N2O6S/c1-16-13-28(14-17(2)34-16)24(29)15-33-21-9-8-18(11-22(21)32-3)10-19(12-25(30)31)26-27-20-6-4-5-7-23(20)35-26/h4-11,16-17H,12-15H2,1-3H3,(H,30,31)/b19-10+. The molecule has 0 saturated carbocycles. The van der Waals surface area contributed by atoms with E-state index in [-0.39, 0.29) is 31.1 Å². The van der Waals surface area contributed by atoms with Crippen molar-refractivity contribution in [3.63, 3.8) is 0 Å². The Bertz CT molecular complexity index is 1210. The number of fused-ring (bicyclic) bond motifs is 1. The number of hydrogen-bond acceptors (Lipinski definition) is 7. The van der Waals surface area contributed by atoms with Crippen molar-refractivity contribution >= 4 is 45.1 Å². The third-order valence-electron chi connectivity index (χ3n) is 5.56. The molecule has 1 aromatic heterocycles. The van der Waals surface area contributed by atoms with Gasteiger partial charge < -0.3 is 24.2 Å². The second kappa shape index (κ2) is 10.9. The molecule has 1 amide bonds. The van der Waals surface area contributed by atoms with Gasteiger partial charge in [0.25, 0.3) is 5.91 Å². The number of ether oxygens (including phenoxy) is 3. The monoisotopic (exact) mass is 496 g/mol. The number of rotatable bonds is 8. The molecule has 0 radical (unpaired) electrons. The summed E-state index contributed by atoms with van der Waals surface area (Å²) in [5.74, 6) is -0.161. The largest absolute Gasteiger partial charge is 0.493 e. The number of para-hydroxylation sites is 1. The van der Waals surface area contributed by atoms with E-state index in [1.165, 1.54) is 18.4 Å². The SMILES string of the molecule is COc1cc(/C=C(\CC(=O)O)c2nc3ccccc3s2)ccc1OCC(=O)N1CC(C)OC(C)C1. The first-order valence-electron chi connectivity index (χ1n) is 11.3. The van der Waals surface area contributed by atoms with Crippen molar-refractivity contribution in [3.8, 4) is 11.5 Å². The van der Waals surface area contributed by atoms with Crippen LogP contribution in [-0.4, -0.2) is 65.9 Å². The Labute approximate surface area is 207 Å². The molecule has 0 aliphatic carbocycles. The molecule has 1 fully saturated rings. The van der Waals surface area contributed by atoms with Gasteiger partial charge in [-0.15, -0.1) is 11.3 Å². The molecule has 1 aliphatic rings. The molecule has 2 aromatic carbocycles. The van der Waals surface area contributed by atoms with Gasteiger partial charge >= 0.3 is 5.97 Å². The van der Waals surface area contributed by atoms with Gasteiger partial charge in [0.1, 0.15) is 5.01 Å². The maximum Gasteiger partial charge on any atom is 0.307 e. The molecule has 1 saturated heterocycles. The highest BCUT2D eigenvalue weighted by Gasteiger charge is 2.26. The molecular formula is C26H28N2O6S. The van der Waals surface area contributed by atoms with E-state index in [0.717, 1.165) is 15.8 Å². The van der Waals surface area contributed by atoms with Crippen LogP contribution in [0.15, 0.2) is 42.5 Å². The first-order valence-corrected chi connectivity index (χ1v) is 12.2. The van der Waals surface area contributed by atoms with E-state index < -0.39 is 5.97 Å². The van der Waals surface area contributed by atoms with E-state index in [1.807, 2.05) is 38.1 Å². The van der Waals surface area contributed by atoms with Crippen LogP contribution in [0.5, 0.6) is 11.5 Å². The molecule has 9 heteroatoms. The minimum atomic E-state index is -0.937. The van der Waals surface area contributed by atoms with Crippen molar-refractivity contribution in [2.24, 2.45) is 0 Å². The van der Waals surface area contributed by atoms with Crippen LogP contribution < -0.4 is 9.47 Å². The number of thiazole rings is 1. The fourth-order valence-electron chi connectivity index (χ4n) is 4.07. The van der Waals surface area contributed by atoms with E-state index in [4.69, 9.17) is 14.2 Å². The molecule has 0 spiro atoms. The highest BCUT2D eigenvalue weighted by Crippen LogP contribution is 2.33. The number of carboxylic acid groups (broad SMARTS) is 1. The molecule has 35 heavy (non-hydrogen) atoms. The van der Waals surface area contributed by atoms with Crippen LogP contribution in [0.2, 0.25) is 0 Å². The smallest absolute Gasteiger partial charge is 0.307 e. The number of carbonyl (C=O) groups excluding carboxylic acids is 1. The molecule has 2 unspecified atom stereocenters. The molecular weight excluding hydrogens is 468 g/mol. The Morgan fingerprint density at radius 3 is 2.60 bits per heavy atom. The Kier molecular flexibility index (Phi) is 7.67. The maximum atomic E-state index is 12.6. The second-order valence-electron chi connectivity index (χ2n) is 8.48. The Morgan fingerprint density at radius 2 is 1.91 bits per heavy atom. The predicted molar refractivity (Wildman–Crippen MR) is 135 cm³/mol. The average molecular weight is 497 g/mol. The topological polar surface area (TPSA) is 98.2 Å². The number of hydrogen-bond donors (Lipinski definition) is 1.